The fourth-order valence-electron chi connectivity index (χ4n) is 1.16. The second kappa shape index (κ2) is 4.59. The summed E-state index contributed by atoms with van der Waals surface area (Å²) in [5.74, 6) is 0.595. The van der Waals surface area contributed by atoms with Gasteiger partial charge in [-0.15, -0.1) is 0 Å². The third kappa shape index (κ3) is 2.27. The Morgan fingerprint density at radius 2 is 2.40 bits per heavy atom. The van der Waals surface area contributed by atoms with Gasteiger partial charge in [-0.25, -0.2) is 4.52 Å². The molecule has 0 atom stereocenters. The highest BCUT2D eigenvalue weighted by molar-refractivity contribution is 9.10. The van der Waals surface area contributed by atoms with Gasteiger partial charge in [-0.2, -0.15) is 10.1 Å². The highest BCUT2D eigenvalue weighted by Crippen LogP contribution is 2.17. The largest absolute Gasteiger partial charge is 0.478 e. The number of hydrogen-bond donors (Lipinski definition) is 1. The van der Waals surface area contributed by atoms with E-state index in [2.05, 4.69) is 26.0 Å². The zero-order valence-corrected chi connectivity index (χ0v) is 9.64. The Balaban J connectivity index is 2.18. The van der Waals surface area contributed by atoms with E-state index in [1.807, 2.05) is 6.20 Å². The lowest BCUT2D eigenvalue weighted by Gasteiger charge is -2.03. The van der Waals surface area contributed by atoms with Crippen molar-refractivity contribution in [1.82, 2.24) is 14.6 Å². The van der Waals surface area contributed by atoms with Gasteiger partial charge in [0.05, 0.1) is 17.3 Å². The maximum Gasteiger partial charge on any atom is 0.216 e. The SMILES string of the molecule is NCCCOc1ccn2ncc(Br)c2n1. The van der Waals surface area contributed by atoms with Crippen molar-refractivity contribution in [2.24, 2.45) is 5.73 Å². The first-order valence-corrected chi connectivity index (χ1v) is 5.43. The summed E-state index contributed by atoms with van der Waals surface area (Å²) in [6, 6.07) is 1.78. The lowest BCUT2D eigenvalue weighted by molar-refractivity contribution is 0.302. The second-order valence-corrected chi connectivity index (χ2v) is 3.87. The quantitative estimate of drug-likeness (QED) is 0.849. The Kier molecular flexibility index (Phi) is 3.17. The number of halogens is 1. The van der Waals surface area contributed by atoms with Crippen LogP contribution in [0.4, 0.5) is 0 Å². The molecule has 0 aliphatic heterocycles. The average molecular weight is 271 g/mol. The standard InChI is InChI=1S/C9H11BrN4O/c10-7-6-12-14-4-2-8(13-9(7)14)15-5-1-3-11/h2,4,6H,1,3,5,11H2. The number of hydrogen-bond acceptors (Lipinski definition) is 4. The van der Waals surface area contributed by atoms with Crippen LogP contribution in [-0.2, 0) is 0 Å². The Hall–Kier alpha value is -1.14. The van der Waals surface area contributed by atoms with Crippen molar-refractivity contribution in [3.05, 3.63) is 22.9 Å². The van der Waals surface area contributed by atoms with Crippen LogP contribution < -0.4 is 10.5 Å². The summed E-state index contributed by atoms with van der Waals surface area (Å²) in [4.78, 5) is 4.30. The normalized spacial score (nSPS) is 10.8. The molecule has 0 radical (unpaired) electrons. The van der Waals surface area contributed by atoms with Gasteiger partial charge >= 0.3 is 0 Å². The molecule has 15 heavy (non-hydrogen) atoms. The monoisotopic (exact) mass is 270 g/mol. The Labute approximate surface area is 95.4 Å². The van der Waals surface area contributed by atoms with E-state index in [9.17, 15) is 0 Å². The van der Waals surface area contributed by atoms with Crippen LogP contribution in [0.25, 0.3) is 5.65 Å². The van der Waals surface area contributed by atoms with E-state index in [1.54, 1.807) is 16.8 Å². The summed E-state index contributed by atoms with van der Waals surface area (Å²) in [5.41, 5.74) is 6.12. The van der Waals surface area contributed by atoms with E-state index in [0.717, 1.165) is 16.5 Å². The van der Waals surface area contributed by atoms with Crippen molar-refractivity contribution >= 4 is 21.6 Å². The molecule has 0 spiro atoms. The number of rotatable bonds is 4. The van der Waals surface area contributed by atoms with Crippen LogP contribution in [0.1, 0.15) is 6.42 Å². The number of ether oxygens (including phenoxy) is 1. The van der Waals surface area contributed by atoms with Crippen LogP contribution in [0.5, 0.6) is 5.88 Å². The maximum absolute atomic E-state index is 5.43. The highest BCUT2D eigenvalue weighted by atomic mass is 79.9. The van der Waals surface area contributed by atoms with Crippen LogP contribution in [-0.4, -0.2) is 27.7 Å². The third-order valence-corrected chi connectivity index (χ3v) is 2.46. The summed E-state index contributed by atoms with van der Waals surface area (Å²) >= 11 is 3.36. The van der Waals surface area contributed by atoms with Crippen LogP contribution in [0.2, 0.25) is 0 Å². The molecule has 0 amide bonds. The first-order valence-electron chi connectivity index (χ1n) is 4.64. The van der Waals surface area contributed by atoms with E-state index in [4.69, 9.17) is 10.5 Å². The molecule has 0 aliphatic rings. The molecule has 0 saturated carbocycles. The summed E-state index contributed by atoms with van der Waals surface area (Å²) < 4.78 is 7.96. The van der Waals surface area contributed by atoms with E-state index < -0.39 is 0 Å². The lowest BCUT2D eigenvalue weighted by Crippen LogP contribution is -2.07. The van der Waals surface area contributed by atoms with Crippen molar-refractivity contribution in [2.45, 2.75) is 6.42 Å². The van der Waals surface area contributed by atoms with Gasteiger partial charge < -0.3 is 10.5 Å². The molecular weight excluding hydrogens is 260 g/mol. The predicted molar refractivity (Wildman–Crippen MR) is 59.9 cm³/mol. The fraction of sp³-hybridized carbons (Fsp3) is 0.333. The van der Waals surface area contributed by atoms with Gasteiger partial charge in [-0.05, 0) is 28.9 Å². The highest BCUT2D eigenvalue weighted by Gasteiger charge is 2.03. The van der Waals surface area contributed by atoms with Crippen LogP contribution >= 0.6 is 15.9 Å². The number of nitrogens with zero attached hydrogens (tertiary/aromatic N) is 3. The molecule has 0 aromatic carbocycles. The number of nitrogens with two attached hydrogens (primary N) is 1. The molecule has 0 aliphatic carbocycles. The summed E-state index contributed by atoms with van der Waals surface area (Å²) in [6.45, 7) is 1.21. The van der Waals surface area contributed by atoms with Crippen molar-refractivity contribution in [3.63, 3.8) is 0 Å². The smallest absolute Gasteiger partial charge is 0.216 e. The molecule has 0 bridgehead atoms. The summed E-state index contributed by atoms with van der Waals surface area (Å²) in [6.07, 6.45) is 4.34. The molecule has 6 heteroatoms. The zero-order chi connectivity index (χ0) is 10.7. The van der Waals surface area contributed by atoms with Gasteiger partial charge in [0.15, 0.2) is 5.65 Å². The molecule has 0 unspecified atom stereocenters. The molecule has 2 aromatic heterocycles. The van der Waals surface area contributed by atoms with Crippen LogP contribution in [0, 0.1) is 0 Å². The third-order valence-electron chi connectivity index (χ3n) is 1.90. The minimum atomic E-state index is 0.589. The molecule has 5 nitrogen and oxygen atoms in total. The van der Waals surface area contributed by atoms with Crippen molar-refractivity contribution in [3.8, 4) is 5.88 Å². The van der Waals surface area contributed by atoms with E-state index in [-0.39, 0.29) is 0 Å². The first kappa shape index (κ1) is 10.4. The van der Waals surface area contributed by atoms with E-state index in [1.165, 1.54) is 0 Å². The second-order valence-electron chi connectivity index (χ2n) is 3.02. The molecule has 0 fully saturated rings. The van der Waals surface area contributed by atoms with Gasteiger partial charge in [0.25, 0.3) is 0 Å². The van der Waals surface area contributed by atoms with Gasteiger partial charge in [-0.3, -0.25) is 0 Å². The molecule has 2 rings (SSSR count). The summed E-state index contributed by atoms with van der Waals surface area (Å²) in [5, 5.41) is 4.09. The summed E-state index contributed by atoms with van der Waals surface area (Å²) in [7, 11) is 0. The first-order chi connectivity index (χ1) is 7.31. The van der Waals surface area contributed by atoms with Gasteiger partial charge in [0.1, 0.15) is 0 Å². The Morgan fingerprint density at radius 3 is 3.20 bits per heavy atom. The zero-order valence-electron chi connectivity index (χ0n) is 8.06. The van der Waals surface area contributed by atoms with Crippen LogP contribution in [0.3, 0.4) is 0 Å². The topological polar surface area (TPSA) is 65.4 Å². The Bertz CT molecular complexity index is 456. The van der Waals surface area contributed by atoms with E-state index in [0.29, 0.717) is 19.0 Å². The van der Waals surface area contributed by atoms with E-state index >= 15 is 0 Å². The fourth-order valence-corrected chi connectivity index (χ4v) is 1.53. The minimum absolute atomic E-state index is 0.589. The molecular formula is C9H11BrN4O. The lowest BCUT2D eigenvalue weighted by atomic mass is 10.5. The Morgan fingerprint density at radius 1 is 1.53 bits per heavy atom. The van der Waals surface area contributed by atoms with Crippen molar-refractivity contribution in [1.29, 1.82) is 0 Å². The van der Waals surface area contributed by atoms with Crippen molar-refractivity contribution in [2.75, 3.05) is 13.2 Å². The van der Waals surface area contributed by atoms with Crippen LogP contribution in [0.15, 0.2) is 22.9 Å². The van der Waals surface area contributed by atoms with Crippen molar-refractivity contribution < 1.29 is 4.74 Å². The molecule has 2 N–H and O–H groups in total. The minimum Gasteiger partial charge on any atom is -0.478 e. The number of aromatic nitrogens is 3. The maximum atomic E-state index is 5.43. The predicted octanol–water partition coefficient (Wildman–Crippen LogP) is 1.22. The average Bonchev–Trinajstić information content (AvgIpc) is 2.61. The number of fused-ring (bicyclic) bond motifs is 1. The molecule has 2 aromatic rings. The molecule has 2 heterocycles. The molecule has 0 saturated heterocycles. The molecule has 80 valence electrons. The van der Waals surface area contributed by atoms with Gasteiger partial charge in [-0.1, -0.05) is 0 Å². The van der Waals surface area contributed by atoms with Gasteiger partial charge in [0, 0.05) is 12.3 Å². The van der Waals surface area contributed by atoms with Gasteiger partial charge in [0.2, 0.25) is 5.88 Å².